The maximum atomic E-state index is 13.4. The van der Waals surface area contributed by atoms with Gasteiger partial charge < -0.3 is 18.9 Å². The highest BCUT2D eigenvalue weighted by atomic mass is 32.1. The first-order valence-electron chi connectivity index (χ1n) is 11.2. The van der Waals surface area contributed by atoms with E-state index in [0.29, 0.717) is 26.3 Å². The number of para-hydroxylation sites is 2. The van der Waals surface area contributed by atoms with Crippen molar-refractivity contribution in [2.24, 2.45) is 0 Å². The van der Waals surface area contributed by atoms with Gasteiger partial charge >= 0.3 is 0 Å². The van der Waals surface area contributed by atoms with E-state index in [1.807, 2.05) is 59.0 Å². The molecule has 0 N–H and O–H groups in total. The van der Waals surface area contributed by atoms with Gasteiger partial charge in [0.15, 0.2) is 17.3 Å². The zero-order valence-corrected chi connectivity index (χ0v) is 19.6. The van der Waals surface area contributed by atoms with Crippen LogP contribution in [0.15, 0.2) is 47.3 Å². The van der Waals surface area contributed by atoms with Gasteiger partial charge in [-0.15, -0.1) is 11.3 Å². The molecule has 1 amide bonds. The molecule has 0 bridgehead atoms. The molecular formula is C25H26N4O3S. The van der Waals surface area contributed by atoms with Gasteiger partial charge in [0.1, 0.15) is 12.2 Å². The van der Waals surface area contributed by atoms with Crippen LogP contribution in [0.1, 0.15) is 25.0 Å². The van der Waals surface area contributed by atoms with E-state index < -0.39 is 0 Å². The number of hydrogen-bond acceptors (Lipinski definition) is 6. The van der Waals surface area contributed by atoms with Crippen LogP contribution in [0.3, 0.4) is 0 Å². The van der Waals surface area contributed by atoms with Gasteiger partial charge in [0.05, 0.1) is 29.8 Å². The van der Waals surface area contributed by atoms with Crippen LogP contribution in [0.25, 0.3) is 22.6 Å². The van der Waals surface area contributed by atoms with Gasteiger partial charge in [-0.25, -0.2) is 9.97 Å². The first-order chi connectivity index (χ1) is 16.2. The summed E-state index contributed by atoms with van der Waals surface area (Å²) in [6.07, 6.45) is 0.789. The maximum absolute atomic E-state index is 13.4. The largest absolute Gasteiger partial charge is 0.490 e. The zero-order valence-electron chi connectivity index (χ0n) is 18.8. The van der Waals surface area contributed by atoms with Gasteiger partial charge in [-0.3, -0.25) is 4.79 Å². The summed E-state index contributed by atoms with van der Waals surface area (Å²) in [5.74, 6) is 2.30. The topological polar surface area (TPSA) is 69.5 Å². The van der Waals surface area contributed by atoms with Crippen LogP contribution in [0.5, 0.6) is 11.5 Å². The first kappa shape index (κ1) is 21.5. The SMILES string of the molecule is CCOc1cc2c(cc1OCC)CN(C(=O)Cn1c(-c3cscn3)nc3ccccc31)CC2. The van der Waals surface area contributed by atoms with Gasteiger partial charge in [0.2, 0.25) is 5.91 Å². The summed E-state index contributed by atoms with van der Waals surface area (Å²) in [5.41, 5.74) is 6.69. The monoisotopic (exact) mass is 462 g/mol. The van der Waals surface area contributed by atoms with Crippen LogP contribution in [-0.2, 0) is 24.3 Å². The third-order valence-electron chi connectivity index (χ3n) is 5.84. The lowest BCUT2D eigenvalue weighted by Crippen LogP contribution is -2.38. The van der Waals surface area contributed by atoms with Crippen LogP contribution in [0, 0.1) is 0 Å². The summed E-state index contributed by atoms with van der Waals surface area (Å²) in [6, 6.07) is 12.0. The summed E-state index contributed by atoms with van der Waals surface area (Å²) >= 11 is 1.52. The van der Waals surface area contributed by atoms with E-state index in [9.17, 15) is 4.79 Å². The molecule has 2 aromatic carbocycles. The Morgan fingerprint density at radius 2 is 1.85 bits per heavy atom. The number of carbonyl (C=O) groups is 1. The standard InChI is InChI=1S/C25H26N4O3S/c1-3-31-22-11-17-9-10-28(13-18(17)12-23(22)32-4-2)24(30)14-29-21-8-6-5-7-19(21)27-25(29)20-15-33-16-26-20/h5-8,11-12,15-16H,3-4,9-10,13-14H2,1-2H3. The van der Waals surface area contributed by atoms with Crippen molar-refractivity contribution in [1.82, 2.24) is 19.4 Å². The highest BCUT2D eigenvalue weighted by Crippen LogP contribution is 2.34. The number of imidazole rings is 1. The number of rotatable bonds is 7. The molecule has 0 fully saturated rings. The molecule has 2 aromatic heterocycles. The molecule has 0 aliphatic carbocycles. The van der Waals surface area contributed by atoms with Crippen molar-refractivity contribution in [1.29, 1.82) is 0 Å². The first-order valence-corrected chi connectivity index (χ1v) is 12.1. The maximum Gasteiger partial charge on any atom is 0.242 e. The number of aromatic nitrogens is 3. The molecule has 0 saturated carbocycles. The predicted octanol–water partition coefficient (Wildman–Crippen LogP) is 4.54. The van der Waals surface area contributed by atoms with Gasteiger partial charge in [-0.05, 0) is 55.7 Å². The second kappa shape index (κ2) is 9.23. The Bertz CT molecular complexity index is 1280. The van der Waals surface area contributed by atoms with E-state index in [1.165, 1.54) is 16.9 Å². The van der Waals surface area contributed by atoms with Gasteiger partial charge in [0.25, 0.3) is 0 Å². The average molecular weight is 463 g/mol. The van der Waals surface area contributed by atoms with Crippen LogP contribution in [-0.4, -0.2) is 45.1 Å². The Kier molecular flexibility index (Phi) is 6.00. The molecule has 0 spiro atoms. The summed E-state index contributed by atoms with van der Waals surface area (Å²) in [5, 5.41) is 1.96. The normalized spacial score (nSPS) is 13.2. The fourth-order valence-electron chi connectivity index (χ4n) is 4.30. The Morgan fingerprint density at radius 3 is 2.58 bits per heavy atom. The fraction of sp³-hybridized carbons (Fsp3) is 0.320. The molecule has 8 heteroatoms. The minimum Gasteiger partial charge on any atom is -0.490 e. The molecule has 0 saturated heterocycles. The van der Waals surface area contributed by atoms with Crippen LogP contribution in [0.2, 0.25) is 0 Å². The summed E-state index contributed by atoms with van der Waals surface area (Å²) in [7, 11) is 0. The predicted molar refractivity (Wildman–Crippen MR) is 129 cm³/mol. The molecule has 0 atom stereocenters. The Hall–Kier alpha value is -3.39. The van der Waals surface area contributed by atoms with E-state index in [2.05, 4.69) is 11.1 Å². The van der Waals surface area contributed by atoms with Crippen molar-refractivity contribution in [3.8, 4) is 23.0 Å². The Labute approximate surface area is 196 Å². The van der Waals surface area contributed by atoms with Crippen LogP contribution >= 0.6 is 11.3 Å². The fourth-order valence-corrected chi connectivity index (χ4v) is 4.83. The molecule has 7 nitrogen and oxygen atoms in total. The van der Waals surface area contributed by atoms with Crippen molar-refractivity contribution in [3.63, 3.8) is 0 Å². The van der Waals surface area contributed by atoms with Crippen LogP contribution < -0.4 is 9.47 Å². The number of ether oxygens (including phenoxy) is 2. The Morgan fingerprint density at radius 1 is 1.09 bits per heavy atom. The molecule has 1 aliphatic heterocycles. The van der Waals surface area contributed by atoms with Crippen molar-refractivity contribution >= 4 is 28.3 Å². The van der Waals surface area contributed by atoms with E-state index in [1.54, 1.807) is 5.51 Å². The molecular weight excluding hydrogens is 436 g/mol. The highest BCUT2D eigenvalue weighted by Gasteiger charge is 2.25. The second-order valence-electron chi connectivity index (χ2n) is 7.88. The number of amides is 1. The summed E-state index contributed by atoms with van der Waals surface area (Å²) in [4.78, 5) is 24.5. The van der Waals surface area contributed by atoms with Gasteiger partial charge in [0, 0.05) is 18.5 Å². The number of thiazole rings is 1. The van der Waals surface area contributed by atoms with Gasteiger partial charge in [-0.1, -0.05) is 12.1 Å². The summed E-state index contributed by atoms with van der Waals surface area (Å²) in [6.45, 7) is 6.52. The lowest BCUT2D eigenvalue weighted by molar-refractivity contribution is -0.132. The molecule has 0 radical (unpaired) electrons. The number of carbonyl (C=O) groups excluding carboxylic acids is 1. The third kappa shape index (κ3) is 4.18. The van der Waals surface area contributed by atoms with Crippen molar-refractivity contribution in [3.05, 3.63) is 58.4 Å². The lowest BCUT2D eigenvalue weighted by atomic mass is 9.98. The van der Waals surface area contributed by atoms with E-state index >= 15 is 0 Å². The van der Waals surface area contributed by atoms with E-state index in [4.69, 9.17) is 14.5 Å². The molecule has 5 rings (SSSR count). The number of benzene rings is 2. The third-order valence-corrected chi connectivity index (χ3v) is 6.43. The number of nitrogens with zero attached hydrogens (tertiary/aromatic N) is 4. The molecule has 33 heavy (non-hydrogen) atoms. The highest BCUT2D eigenvalue weighted by molar-refractivity contribution is 7.07. The Balaban J connectivity index is 1.42. The van der Waals surface area contributed by atoms with Gasteiger partial charge in [-0.2, -0.15) is 0 Å². The molecule has 0 unspecified atom stereocenters. The lowest BCUT2D eigenvalue weighted by Gasteiger charge is -2.30. The van der Waals surface area contributed by atoms with E-state index in [0.717, 1.165) is 46.0 Å². The minimum absolute atomic E-state index is 0.0622. The smallest absolute Gasteiger partial charge is 0.242 e. The average Bonchev–Trinajstić information content (AvgIpc) is 3.48. The second-order valence-corrected chi connectivity index (χ2v) is 8.60. The number of fused-ring (bicyclic) bond motifs is 2. The molecule has 3 heterocycles. The minimum atomic E-state index is 0.0622. The number of hydrogen-bond donors (Lipinski definition) is 0. The molecule has 1 aliphatic rings. The van der Waals surface area contributed by atoms with E-state index in [-0.39, 0.29) is 12.5 Å². The van der Waals surface area contributed by atoms with Crippen molar-refractivity contribution in [2.45, 2.75) is 33.4 Å². The molecule has 4 aromatic rings. The molecule has 170 valence electrons. The quantitative estimate of drug-likeness (QED) is 0.403. The summed E-state index contributed by atoms with van der Waals surface area (Å²) < 4.78 is 13.5. The zero-order chi connectivity index (χ0) is 22.8. The van der Waals surface area contributed by atoms with Crippen molar-refractivity contribution < 1.29 is 14.3 Å². The van der Waals surface area contributed by atoms with Crippen LogP contribution in [0.4, 0.5) is 0 Å². The van der Waals surface area contributed by atoms with Crippen molar-refractivity contribution in [2.75, 3.05) is 19.8 Å².